The predicted molar refractivity (Wildman–Crippen MR) is 97.3 cm³/mol. The van der Waals surface area contributed by atoms with Gasteiger partial charge in [0.05, 0.1) is 13.2 Å². The number of aromatic amines is 1. The van der Waals surface area contributed by atoms with Crippen LogP contribution in [0.1, 0.15) is 51.8 Å². The number of aromatic nitrogens is 2. The van der Waals surface area contributed by atoms with Crippen LogP contribution in [0.25, 0.3) is 0 Å². The number of H-pyrrole nitrogens is 1. The molecule has 2 aromatic rings. The van der Waals surface area contributed by atoms with Gasteiger partial charge in [0.15, 0.2) is 0 Å². The van der Waals surface area contributed by atoms with Crippen molar-refractivity contribution in [1.29, 1.82) is 0 Å². The molecule has 3 heterocycles. The number of amides is 1. The Morgan fingerprint density at radius 2 is 2.15 bits per heavy atom. The fraction of sp³-hybridized carbons (Fsp3) is 0.450. The van der Waals surface area contributed by atoms with Crippen molar-refractivity contribution in [2.24, 2.45) is 0 Å². The van der Waals surface area contributed by atoms with Crippen molar-refractivity contribution < 1.29 is 9.53 Å². The third-order valence-electron chi connectivity index (χ3n) is 5.21. The van der Waals surface area contributed by atoms with E-state index in [1.165, 1.54) is 0 Å². The Hall–Kier alpha value is -2.47. The van der Waals surface area contributed by atoms with Crippen molar-refractivity contribution in [3.8, 4) is 0 Å². The second kappa shape index (κ2) is 7.03. The SMILES string of the molecule is Cc1cc(C2CN(C(=O)c3cc4c([nH]c3=O)CCCC4)CCO2)ccn1. The highest BCUT2D eigenvalue weighted by atomic mass is 16.5. The van der Waals surface area contributed by atoms with Gasteiger partial charge in [0.25, 0.3) is 11.5 Å². The first-order valence-electron chi connectivity index (χ1n) is 9.20. The normalized spacial score (nSPS) is 19.9. The number of nitrogens with zero attached hydrogens (tertiary/aromatic N) is 2. The van der Waals surface area contributed by atoms with Gasteiger partial charge >= 0.3 is 0 Å². The van der Waals surface area contributed by atoms with E-state index in [1.54, 1.807) is 17.2 Å². The summed E-state index contributed by atoms with van der Waals surface area (Å²) in [6, 6.07) is 5.69. The molecular formula is C20H23N3O3. The second-order valence-electron chi connectivity index (χ2n) is 7.06. The third kappa shape index (κ3) is 3.29. The van der Waals surface area contributed by atoms with Crippen LogP contribution >= 0.6 is 0 Å². The average Bonchev–Trinajstić information content (AvgIpc) is 2.67. The Labute approximate surface area is 152 Å². The highest BCUT2D eigenvalue weighted by molar-refractivity contribution is 5.94. The van der Waals surface area contributed by atoms with Gasteiger partial charge in [-0.05, 0) is 61.9 Å². The Balaban J connectivity index is 1.57. The maximum Gasteiger partial charge on any atom is 0.261 e. The van der Waals surface area contributed by atoms with Crippen LogP contribution < -0.4 is 5.56 Å². The fourth-order valence-electron chi connectivity index (χ4n) is 3.81. The quantitative estimate of drug-likeness (QED) is 0.898. The summed E-state index contributed by atoms with van der Waals surface area (Å²) in [6.07, 6.45) is 5.57. The summed E-state index contributed by atoms with van der Waals surface area (Å²) in [5, 5.41) is 0. The summed E-state index contributed by atoms with van der Waals surface area (Å²) in [5.41, 5.74) is 3.99. The number of ether oxygens (including phenoxy) is 1. The van der Waals surface area contributed by atoms with Gasteiger partial charge in [-0.3, -0.25) is 14.6 Å². The fourth-order valence-corrected chi connectivity index (χ4v) is 3.81. The first-order valence-corrected chi connectivity index (χ1v) is 9.20. The van der Waals surface area contributed by atoms with E-state index in [4.69, 9.17) is 4.74 Å². The molecule has 0 spiro atoms. The lowest BCUT2D eigenvalue weighted by Crippen LogP contribution is -2.44. The molecule has 1 fully saturated rings. The number of hydrogen-bond acceptors (Lipinski definition) is 4. The number of pyridine rings is 2. The predicted octanol–water partition coefficient (Wildman–Crippen LogP) is 2.17. The highest BCUT2D eigenvalue weighted by Crippen LogP contribution is 2.24. The molecule has 6 heteroatoms. The molecule has 0 bridgehead atoms. The molecule has 2 aromatic heterocycles. The minimum atomic E-state index is -0.279. The van der Waals surface area contributed by atoms with Crippen molar-refractivity contribution in [2.45, 2.75) is 38.7 Å². The molecular weight excluding hydrogens is 330 g/mol. The molecule has 136 valence electrons. The first kappa shape index (κ1) is 17.0. The minimum Gasteiger partial charge on any atom is -0.370 e. The van der Waals surface area contributed by atoms with Crippen molar-refractivity contribution in [2.75, 3.05) is 19.7 Å². The molecule has 1 aliphatic carbocycles. The van der Waals surface area contributed by atoms with Crippen LogP contribution in [0.4, 0.5) is 0 Å². The van der Waals surface area contributed by atoms with E-state index < -0.39 is 0 Å². The topological polar surface area (TPSA) is 75.3 Å². The number of aryl methyl sites for hydroxylation is 3. The van der Waals surface area contributed by atoms with E-state index in [2.05, 4.69) is 9.97 Å². The number of hydrogen-bond donors (Lipinski definition) is 1. The molecule has 2 aliphatic rings. The number of nitrogens with one attached hydrogen (secondary N) is 1. The standard InChI is InChI=1S/C20H23N3O3/c1-13-10-15(6-7-21-13)18-12-23(8-9-26-18)20(25)16-11-14-4-2-3-5-17(14)22-19(16)24/h6-7,10-11,18H,2-5,8-9,12H2,1H3,(H,22,24). The van der Waals surface area contributed by atoms with Gasteiger partial charge in [0, 0.05) is 24.1 Å². The Morgan fingerprint density at radius 3 is 3.00 bits per heavy atom. The van der Waals surface area contributed by atoms with E-state index in [0.717, 1.165) is 48.2 Å². The van der Waals surface area contributed by atoms with Gasteiger partial charge in [-0.2, -0.15) is 0 Å². The van der Waals surface area contributed by atoms with Crippen LogP contribution in [0.2, 0.25) is 0 Å². The van der Waals surface area contributed by atoms with E-state index in [9.17, 15) is 9.59 Å². The minimum absolute atomic E-state index is 0.189. The zero-order valence-corrected chi connectivity index (χ0v) is 15.0. The molecule has 4 rings (SSSR count). The molecule has 1 aliphatic heterocycles. The molecule has 1 atom stereocenters. The largest absolute Gasteiger partial charge is 0.370 e. The molecule has 1 amide bonds. The molecule has 6 nitrogen and oxygen atoms in total. The van der Waals surface area contributed by atoms with Crippen LogP contribution in [-0.4, -0.2) is 40.5 Å². The Kier molecular flexibility index (Phi) is 4.59. The zero-order valence-electron chi connectivity index (χ0n) is 15.0. The summed E-state index contributed by atoms with van der Waals surface area (Å²) in [6.45, 7) is 3.33. The van der Waals surface area contributed by atoms with E-state index in [1.807, 2.05) is 19.1 Å². The van der Waals surface area contributed by atoms with Crippen molar-refractivity contribution in [3.05, 3.63) is 62.8 Å². The summed E-state index contributed by atoms with van der Waals surface area (Å²) in [5.74, 6) is -0.210. The lowest BCUT2D eigenvalue weighted by atomic mass is 9.95. The van der Waals surface area contributed by atoms with E-state index in [-0.39, 0.29) is 23.1 Å². The maximum absolute atomic E-state index is 13.0. The molecule has 0 saturated carbocycles. The van der Waals surface area contributed by atoms with Crippen molar-refractivity contribution in [3.63, 3.8) is 0 Å². The summed E-state index contributed by atoms with van der Waals surface area (Å²) >= 11 is 0. The molecule has 1 saturated heterocycles. The van der Waals surface area contributed by atoms with Crippen LogP contribution in [0.5, 0.6) is 0 Å². The van der Waals surface area contributed by atoms with Gasteiger partial charge < -0.3 is 14.6 Å². The van der Waals surface area contributed by atoms with Gasteiger partial charge in [0.1, 0.15) is 11.7 Å². The van der Waals surface area contributed by atoms with Crippen molar-refractivity contribution >= 4 is 5.91 Å². The zero-order chi connectivity index (χ0) is 18.1. The van der Waals surface area contributed by atoms with Gasteiger partial charge in [0.2, 0.25) is 0 Å². The number of morpholine rings is 1. The number of fused-ring (bicyclic) bond motifs is 1. The molecule has 26 heavy (non-hydrogen) atoms. The number of rotatable bonds is 2. The Morgan fingerprint density at radius 1 is 1.31 bits per heavy atom. The average molecular weight is 353 g/mol. The van der Waals surface area contributed by atoms with Crippen LogP contribution in [0, 0.1) is 6.92 Å². The van der Waals surface area contributed by atoms with Gasteiger partial charge in [-0.25, -0.2) is 0 Å². The third-order valence-corrected chi connectivity index (χ3v) is 5.21. The van der Waals surface area contributed by atoms with E-state index in [0.29, 0.717) is 19.7 Å². The van der Waals surface area contributed by atoms with E-state index >= 15 is 0 Å². The van der Waals surface area contributed by atoms with Crippen LogP contribution in [0.15, 0.2) is 29.2 Å². The molecule has 0 aromatic carbocycles. The highest BCUT2D eigenvalue weighted by Gasteiger charge is 2.28. The lowest BCUT2D eigenvalue weighted by Gasteiger charge is -2.33. The van der Waals surface area contributed by atoms with Gasteiger partial charge in [-0.1, -0.05) is 0 Å². The number of carbonyl (C=O) groups excluding carboxylic acids is 1. The molecule has 0 radical (unpaired) electrons. The maximum atomic E-state index is 13.0. The second-order valence-corrected chi connectivity index (χ2v) is 7.06. The van der Waals surface area contributed by atoms with Gasteiger partial charge in [-0.15, -0.1) is 0 Å². The monoisotopic (exact) mass is 353 g/mol. The molecule has 1 unspecified atom stereocenters. The summed E-state index contributed by atoms with van der Waals surface area (Å²) in [7, 11) is 0. The lowest BCUT2D eigenvalue weighted by molar-refractivity contribution is -0.0229. The smallest absolute Gasteiger partial charge is 0.261 e. The Bertz CT molecular complexity index is 890. The van der Waals surface area contributed by atoms with Crippen LogP contribution in [0.3, 0.4) is 0 Å². The van der Waals surface area contributed by atoms with Crippen molar-refractivity contribution in [1.82, 2.24) is 14.9 Å². The van der Waals surface area contributed by atoms with Crippen LogP contribution in [-0.2, 0) is 17.6 Å². The number of carbonyl (C=O) groups is 1. The summed E-state index contributed by atoms with van der Waals surface area (Å²) in [4.78, 5) is 34.3. The first-order chi connectivity index (χ1) is 12.6. The molecule has 1 N–H and O–H groups in total. The summed E-state index contributed by atoms with van der Waals surface area (Å²) < 4.78 is 5.85.